The first-order chi connectivity index (χ1) is 20.4. The van der Waals surface area contributed by atoms with Crippen molar-refractivity contribution in [1.29, 1.82) is 0 Å². The highest BCUT2D eigenvalue weighted by Gasteiger charge is 2.41. The third-order valence-electron chi connectivity index (χ3n) is 9.67. The molecule has 2 aromatic rings. The van der Waals surface area contributed by atoms with Crippen LogP contribution in [0.2, 0.25) is 0 Å². The number of hydrogen-bond donors (Lipinski definition) is 2. The number of anilines is 4. The molecule has 0 radical (unpaired) electrons. The van der Waals surface area contributed by atoms with E-state index < -0.39 is 0 Å². The van der Waals surface area contributed by atoms with Crippen molar-refractivity contribution in [3.8, 4) is 5.75 Å². The van der Waals surface area contributed by atoms with Crippen molar-refractivity contribution >= 4 is 35.0 Å². The number of carbonyl (C=O) groups excluding carboxylic acids is 2. The molecule has 224 valence electrons. The molecule has 0 bridgehead atoms. The fourth-order valence-corrected chi connectivity index (χ4v) is 7.39. The van der Waals surface area contributed by atoms with Crippen LogP contribution in [0.5, 0.6) is 5.75 Å². The number of amides is 2. The minimum Gasteiger partial charge on any atom is -0.495 e. The summed E-state index contributed by atoms with van der Waals surface area (Å²) in [5.41, 5.74) is 3.24. The normalized spacial score (nSPS) is 25.5. The van der Waals surface area contributed by atoms with Gasteiger partial charge in [0.15, 0.2) is 5.82 Å². The molecule has 3 atom stereocenters. The number of ether oxygens (including phenoxy) is 1. The summed E-state index contributed by atoms with van der Waals surface area (Å²) in [5.74, 6) is 3.10. The van der Waals surface area contributed by atoms with E-state index in [0.29, 0.717) is 34.9 Å². The number of benzene rings is 1. The van der Waals surface area contributed by atoms with Gasteiger partial charge < -0.3 is 30.1 Å². The molecule has 10 nitrogen and oxygen atoms in total. The first-order valence-corrected chi connectivity index (χ1v) is 15.4. The number of fused-ring (bicyclic) bond motifs is 2. The Bertz CT molecular complexity index is 1370. The largest absolute Gasteiger partial charge is 0.495 e. The van der Waals surface area contributed by atoms with Gasteiger partial charge in [-0.25, -0.2) is 4.98 Å². The van der Waals surface area contributed by atoms with Crippen molar-refractivity contribution in [2.45, 2.75) is 70.4 Å². The van der Waals surface area contributed by atoms with Crippen LogP contribution in [0, 0.1) is 11.8 Å². The van der Waals surface area contributed by atoms with Gasteiger partial charge in [-0.2, -0.15) is 4.98 Å². The zero-order chi connectivity index (χ0) is 29.4. The molecular weight excluding hydrogens is 530 g/mol. The van der Waals surface area contributed by atoms with E-state index in [-0.39, 0.29) is 17.9 Å². The van der Waals surface area contributed by atoms with E-state index in [4.69, 9.17) is 9.72 Å². The number of likely N-dealkylation sites (N-methyl/N-ethyl adjacent to an activating group) is 1. The van der Waals surface area contributed by atoms with Crippen molar-refractivity contribution in [3.05, 3.63) is 41.7 Å². The van der Waals surface area contributed by atoms with Gasteiger partial charge >= 0.3 is 0 Å². The Labute approximate surface area is 248 Å². The summed E-state index contributed by atoms with van der Waals surface area (Å²) < 4.78 is 5.66. The molecule has 42 heavy (non-hydrogen) atoms. The Morgan fingerprint density at radius 1 is 1.14 bits per heavy atom. The number of hydrogen-bond acceptors (Lipinski definition) is 8. The third kappa shape index (κ3) is 5.44. The van der Waals surface area contributed by atoms with E-state index in [1.165, 1.54) is 24.8 Å². The second-order valence-corrected chi connectivity index (χ2v) is 12.4. The van der Waals surface area contributed by atoms with Gasteiger partial charge in [-0.15, -0.1) is 0 Å². The number of carbonyl (C=O) groups is 2. The van der Waals surface area contributed by atoms with Crippen LogP contribution in [0.3, 0.4) is 0 Å². The van der Waals surface area contributed by atoms with Crippen LogP contribution in [-0.2, 0) is 4.79 Å². The highest BCUT2D eigenvalue weighted by Crippen LogP contribution is 2.41. The van der Waals surface area contributed by atoms with Crippen molar-refractivity contribution in [2.24, 2.45) is 11.8 Å². The van der Waals surface area contributed by atoms with Gasteiger partial charge in [0.2, 0.25) is 11.9 Å². The lowest BCUT2D eigenvalue weighted by atomic mass is 9.89. The standard InChI is InChI=1S/C32H43N7O3/c1-5-26-31(41)38(3)27-18-34-32(36-29(27)39(26)24-8-6-7-9-24)35-25-11-10-22(16-28(25)42-4)30(40)33-17-20-14-21-12-13-37(2)19-23(21)15-20/h10-11,16-18,21,23-24,26H,5-9,12-15,19H2,1-4H3,(H,33,40)(H,34,35,36)/b20-17-. The van der Waals surface area contributed by atoms with Crippen LogP contribution in [0.1, 0.15) is 68.6 Å². The quantitative estimate of drug-likeness (QED) is 0.491. The van der Waals surface area contributed by atoms with Crippen LogP contribution in [0.15, 0.2) is 36.2 Å². The summed E-state index contributed by atoms with van der Waals surface area (Å²) in [5, 5.41) is 6.31. The molecule has 3 fully saturated rings. The van der Waals surface area contributed by atoms with E-state index >= 15 is 0 Å². The van der Waals surface area contributed by atoms with Gasteiger partial charge in [-0.1, -0.05) is 25.3 Å². The smallest absolute Gasteiger partial charge is 0.255 e. The minimum absolute atomic E-state index is 0.0891. The van der Waals surface area contributed by atoms with E-state index in [1.54, 1.807) is 37.4 Å². The minimum atomic E-state index is -0.231. The van der Waals surface area contributed by atoms with Crippen LogP contribution < -0.4 is 25.2 Å². The van der Waals surface area contributed by atoms with Gasteiger partial charge in [0.05, 0.1) is 19.0 Å². The average Bonchev–Trinajstić information content (AvgIpc) is 3.67. The molecular formula is C32H43N7O3. The third-order valence-corrected chi connectivity index (χ3v) is 9.67. The highest BCUT2D eigenvalue weighted by atomic mass is 16.5. The lowest BCUT2D eigenvalue weighted by Crippen LogP contribution is -2.55. The summed E-state index contributed by atoms with van der Waals surface area (Å²) in [6.45, 7) is 4.36. The number of rotatable bonds is 7. The number of nitrogens with zero attached hydrogens (tertiary/aromatic N) is 5. The molecule has 2 N–H and O–H groups in total. The Balaban J connectivity index is 1.19. The van der Waals surface area contributed by atoms with Gasteiger partial charge in [-0.3, -0.25) is 9.59 Å². The molecule has 2 amide bonds. The van der Waals surface area contributed by atoms with E-state index in [2.05, 4.69) is 39.4 Å². The summed E-state index contributed by atoms with van der Waals surface area (Å²) >= 11 is 0. The van der Waals surface area contributed by atoms with Crippen LogP contribution in [0.4, 0.5) is 23.1 Å². The maximum Gasteiger partial charge on any atom is 0.255 e. The lowest BCUT2D eigenvalue weighted by Gasteiger charge is -2.43. The van der Waals surface area contributed by atoms with Crippen molar-refractivity contribution < 1.29 is 14.3 Å². The first-order valence-electron chi connectivity index (χ1n) is 15.4. The number of allylic oxidation sites excluding steroid dienone is 1. The molecule has 1 aromatic carbocycles. The summed E-state index contributed by atoms with van der Waals surface area (Å²) in [4.78, 5) is 42.0. The Kier molecular flexibility index (Phi) is 8.07. The number of aromatic nitrogens is 2. The average molecular weight is 574 g/mol. The number of piperidine rings is 1. The molecule has 4 aliphatic rings. The van der Waals surface area contributed by atoms with Crippen LogP contribution >= 0.6 is 0 Å². The summed E-state index contributed by atoms with van der Waals surface area (Å²) in [7, 11) is 5.58. The van der Waals surface area contributed by atoms with Crippen molar-refractivity contribution in [2.75, 3.05) is 49.4 Å². The van der Waals surface area contributed by atoms with Crippen molar-refractivity contribution in [3.63, 3.8) is 0 Å². The van der Waals surface area contributed by atoms with E-state index in [9.17, 15) is 9.59 Å². The second kappa shape index (κ2) is 11.9. The Morgan fingerprint density at radius 3 is 2.69 bits per heavy atom. The maximum atomic E-state index is 13.2. The van der Waals surface area contributed by atoms with Crippen molar-refractivity contribution in [1.82, 2.24) is 20.2 Å². The molecule has 2 aliphatic carbocycles. The predicted molar refractivity (Wildman–Crippen MR) is 164 cm³/mol. The van der Waals surface area contributed by atoms with Gasteiger partial charge in [0.1, 0.15) is 17.5 Å². The Morgan fingerprint density at radius 2 is 1.93 bits per heavy atom. The molecule has 2 aliphatic heterocycles. The monoisotopic (exact) mass is 573 g/mol. The maximum absolute atomic E-state index is 13.2. The Hall–Kier alpha value is -3.66. The van der Waals surface area contributed by atoms with E-state index in [1.807, 2.05) is 12.3 Å². The highest BCUT2D eigenvalue weighted by molar-refractivity contribution is 6.04. The molecule has 2 saturated carbocycles. The first kappa shape index (κ1) is 28.5. The summed E-state index contributed by atoms with van der Waals surface area (Å²) in [6, 6.07) is 5.41. The number of nitrogens with one attached hydrogen (secondary N) is 2. The fraction of sp³-hybridized carbons (Fsp3) is 0.562. The number of methoxy groups -OCH3 is 1. The van der Waals surface area contributed by atoms with Gasteiger partial charge in [0, 0.05) is 31.4 Å². The topological polar surface area (TPSA) is 103 Å². The lowest BCUT2D eigenvalue weighted by molar-refractivity contribution is -0.120. The fourth-order valence-electron chi connectivity index (χ4n) is 7.39. The predicted octanol–water partition coefficient (Wildman–Crippen LogP) is 4.71. The van der Waals surface area contributed by atoms with Crippen LogP contribution in [0.25, 0.3) is 0 Å². The zero-order valence-electron chi connectivity index (χ0n) is 25.2. The molecule has 3 unspecified atom stereocenters. The molecule has 3 heterocycles. The van der Waals surface area contributed by atoms with Gasteiger partial charge in [-0.05, 0) is 82.2 Å². The van der Waals surface area contributed by atoms with Crippen LogP contribution in [-0.4, -0.2) is 73.1 Å². The molecule has 10 heteroatoms. The molecule has 1 saturated heterocycles. The van der Waals surface area contributed by atoms with E-state index in [0.717, 1.165) is 62.6 Å². The number of likely N-dealkylation sites (tertiary alicyclic amines) is 1. The molecule has 0 spiro atoms. The zero-order valence-corrected chi connectivity index (χ0v) is 25.2. The van der Waals surface area contributed by atoms with Gasteiger partial charge in [0.25, 0.3) is 5.91 Å². The second-order valence-electron chi connectivity index (χ2n) is 12.4. The summed E-state index contributed by atoms with van der Waals surface area (Å²) in [6.07, 6.45) is 12.2. The SMILES string of the molecule is CCC1C(=O)N(C)c2cnc(Nc3ccc(C(=O)N/C=C4/CC5CCN(C)CC5C4)cc3OC)nc2N1C1CCCC1. The molecule has 6 rings (SSSR count). The molecule has 1 aromatic heterocycles.